The number of carbonyl (C=O) groups is 1. The summed E-state index contributed by atoms with van der Waals surface area (Å²) in [5.74, 6) is 1.10. The van der Waals surface area contributed by atoms with Gasteiger partial charge in [-0.25, -0.2) is 4.98 Å². The lowest BCUT2D eigenvalue weighted by Crippen LogP contribution is -2.29. The zero-order valence-corrected chi connectivity index (χ0v) is 18.1. The van der Waals surface area contributed by atoms with Gasteiger partial charge in [-0.05, 0) is 56.2 Å². The summed E-state index contributed by atoms with van der Waals surface area (Å²) < 4.78 is 12.4. The van der Waals surface area contributed by atoms with Crippen molar-refractivity contribution in [2.75, 3.05) is 6.61 Å². The van der Waals surface area contributed by atoms with Gasteiger partial charge in [0, 0.05) is 10.9 Å². The van der Waals surface area contributed by atoms with E-state index < -0.39 is 0 Å². The number of aromatic nitrogens is 2. The van der Waals surface area contributed by atoms with Crippen LogP contribution in [0, 0.1) is 5.92 Å². The molecule has 2 aromatic heterocycles. The molecule has 1 aliphatic carbocycles. The molecule has 3 aromatic rings. The largest absolute Gasteiger partial charge is 0.494 e. The minimum Gasteiger partial charge on any atom is -0.494 e. The monoisotopic (exact) mass is 426 g/mol. The minimum atomic E-state index is -0.379. The van der Waals surface area contributed by atoms with Crippen molar-refractivity contribution < 1.29 is 14.3 Å². The highest BCUT2D eigenvalue weighted by molar-refractivity contribution is 7.17. The lowest BCUT2D eigenvalue weighted by atomic mass is 9.89. The van der Waals surface area contributed by atoms with Crippen molar-refractivity contribution in [3.05, 3.63) is 46.3 Å². The van der Waals surface area contributed by atoms with E-state index in [1.165, 1.54) is 22.2 Å². The van der Waals surface area contributed by atoms with Crippen molar-refractivity contribution in [2.45, 2.75) is 52.2 Å². The van der Waals surface area contributed by atoms with Crippen molar-refractivity contribution in [2.24, 2.45) is 5.92 Å². The van der Waals surface area contributed by atoms with Crippen LogP contribution in [0.15, 0.2) is 40.8 Å². The summed E-state index contributed by atoms with van der Waals surface area (Å²) in [6.07, 6.45) is 5.34. The lowest BCUT2D eigenvalue weighted by Gasteiger charge is -2.26. The number of thiophene rings is 1. The van der Waals surface area contributed by atoms with E-state index in [2.05, 4.69) is 11.9 Å². The van der Waals surface area contributed by atoms with Crippen LogP contribution < -0.4 is 10.3 Å². The minimum absolute atomic E-state index is 0.0401. The second-order valence-corrected chi connectivity index (χ2v) is 8.69. The first-order valence-corrected chi connectivity index (χ1v) is 11.3. The molecule has 1 aliphatic rings. The first-order valence-electron chi connectivity index (χ1n) is 10.4. The first-order chi connectivity index (χ1) is 14.5. The summed E-state index contributed by atoms with van der Waals surface area (Å²) in [5, 5.41) is 2.46. The predicted molar refractivity (Wildman–Crippen MR) is 118 cm³/mol. The standard InChI is InChI=1S/C23H26N2O4S/c1-3-28-17-10-6-16(7-11-17)19-13-30-22-21(19)23(27)25(14-24-22)12-20(26)29-18-8-4-15(2)5-9-18/h6-7,10-11,13-15,18H,3-5,8-9,12H2,1-2H3. The highest BCUT2D eigenvalue weighted by Gasteiger charge is 2.22. The average Bonchev–Trinajstić information content (AvgIpc) is 3.18. The highest BCUT2D eigenvalue weighted by Crippen LogP contribution is 2.31. The Hall–Kier alpha value is -2.67. The summed E-state index contributed by atoms with van der Waals surface area (Å²) >= 11 is 1.42. The molecule has 1 saturated carbocycles. The molecule has 2 heterocycles. The zero-order chi connectivity index (χ0) is 21.1. The Labute approximate surface area is 179 Å². The van der Waals surface area contributed by atoms with Crippen molar-refractivity contribution >= 4 is 27.5 Å². The number of esters is 1. The van der Waals surface area contributed by atoms with Crippen LogP contribution in [0.25, 0.3) is 21.3 Å². The van der Waals surface area contributed by atoms with E-state index in [0.717, 1.165) is 42.6 Å². The zero-order valence-electron chi connectivity index (χ0n) is 17.3. The number of carbonyl (C=O) groups excluding carboxylic acids is 1. The molecule has 158 valence electrons. The van der Waals surface area contributed by atoms with Gasteiger partial charge in [-0.3, -0.25) is 14.2 Å². The maximum Gasteiger partial charge on any atom is 0.326 e. The van der Waals surface area contributed by atoms with Gasteiger partial charge in [0.1, 0.15) is 23.2 Å². The van der Waals surface area contributed by atoms with Gasteiger partial charge in [0.2, 0.25) is 0 Å². The molecule has 1 fully saturated rings. The maximum absolute atomic E-state index is 13.1. The van der Waals surface area contributed by atoms with Crippen LogP contribution in [-0.4, -0.2) is 28.2 Å². The molecular weight excluding hydrogens is 400 g/mol. The molecule has 0 radical (unpaired) electrons. The van der Waals surface area contributed by atoms with Crippen LogP contribution in [0.3, 0.4) is 0 Å². The molecule has 0 unspecified atom stereocenters. The Kier molecular flexibility index (Phi) is 6.18. The fraction of sp³-hybridized carbons (Fsp3) is 0.435. The van der Waals surface area contributed by atoms with Crippen molar-refractivity contribution in [1.29, 1.82) is 0 Å². The fourth-order valence-electron chi connectivity index (χ4n) is 3.90. The Morgan fingerprint density at radius 1 is 1.20 bits per heavy atom. The van der Waals surface area contributed by atoms with Gasteiger partial charge in [0.25, 0.3) is 5.56 Å². The third-order valence-electron chi connectivity index (χ3n) is 5.60. The van der Waals surface area contributed by atoms with Crippen LogP contribution in [0.4, 0.5) is 0 Å². The quantitative estimate of drug-likeness (QED) is 0.537. The summed E-state index contributed by atoms with van der Waals surface area (Å²) in [7, 11) is 0. The molecule has 7 heteroatoms. The van der Waals surface area contributed by atoms with Gasteiger partial charge in [0.15, 0.2) is 0 Å². The van der Waals surface area contributed by atoms with Gasteiger partial charge < -0.3 is 9.47 Å². The third-order valence-corrected chi connectivity index (χ3v) is 6.48. The molecular formula is C23H26N2O4S. The van der Waals surface area contributed by atoms with E-state index in [-0.39, 0.29) is 24.2 Å². The van der Waals surface area contributed by atoms with Crippen molar-refractivity contribution in [3.63, 3.8) is 0 Å². The van der Waals surface area contributed by atoms with E-state index in [1.807, 2.05) is 36.6 Å². The summed E-state index contributed by atoms with van der Waals surface area (Å²) in [4.78, 5) is 30.6. The number of hydrogen-bond donors (Lipinski definition) is 0. The number of nitrogens with zero attached hydrogens (tertiary/aromatic N) is 2. The van der Waals surface area contributed by atoms with Crippen molar-refractivity contribution in [1.82, 2.24) is 9.55 Å². The Balaban J connectivity index is 1.55. The Bertz CT molecular complexity index is 1080. The normalized spacial score (nSPS) is 19.0. The van der Waals surface area contributed by atoms with Gasteiger partial charge in [0.05, 0.1) is 18.3 Å². The van der Waals surface area contributed by atoms with Gasteiger partial charge >= 0.3 is 5.97 Å². The molecule has 0 N–H and O–H groups in total. The number of benzene rings is 1. The summed E-state index contributed by atoms with van der Waals surface area (Å²) in [5.41, 5.74) is 1.51. The molecule has 0 spiro atoms. The van der Waals surface area contributed by atoms with Crippen LogP contribution >= 0.6 is 11.3 Å². The second-order valence-electron chi connectivity index (χ2n) is 7.84. The summed E-state index contributed by atoms with van der Waals surface area (Å²) in [6, 6.07) is 7.64. The third kappa shape index (κ3) is 4.41. The Morgan fingerprint density at radius 2 is 1.93 bits per heavy atom. The molecule has 0 saturated heterocycles. The predicted octanol–water partition coefficient (Wildman–Crippen LogP) is 4.65. The smallest absolute Gasteiger partial charge is 0.326 e. The number of hydrogen-bond acceptors (Lipinski definition) is 6. The topological polar surface area (TPSA) is 70.4 Å². The van der Waals surface area contributed by atoms with Crippen LogP contribution in [0.5, 0.6) is 5.75 Å². The molecule has 0 atom stereocenters. The first kappa shape index (κ1) is 20.6. The average molecular weight is 427 g/mol. The number of rotatable bonds is 6. The molecule has 0 bridgehead atoms. The maximum atomic E-state index is 13.1. The van der Waals surface area contributed by atoms with E-state index >= 15 is 0 Å². The van der Waals surface area contributed by atoms with Crippen molar-refractivity contribution in [3.8, 4) is 16.9 Å². The molecule has 4 rings (SSSR count). The van der Waals surface area contributed by atoms with E-state index in [4.69, 9.17) is 9.47 Å². The molecule has 30 heavy (non-hydrogen) atoms. The number of fused-ring (bicyclic) bond motifs is 1. The summed E-state index contributed by atoms with van der Waals surface area (Å²) in [6.45, 7) is 4.65. The fourth-order valence-corrected chi connectivity index (χ4v) is 4.81. The Morgan fingerprint density at radius 3 is 2.63 bits per heavy atom. The molecule has 0 aliphatic heterocycles. The lowest BCUT2D eigenvalue weighted by molar-refractivity contribution is -0.151. The SMILES string of the molecule is CCOc1ccc(-c2csc3ncn(CC(=O)OC4CCC(C)CC4)c(=O)c23)cc1. The second kappa shape index (κ2) is 9.00. The van der Waals surface area contributed by atoms with Gasteiger partial charge in [-0.1, -0.05) is 19.1 Å². The van der Waals surface area contributed by atoms with Crippen LogP contribution in [-0.2, 0) is 16.1 Å². The molecule has 1 aromatic carbocycles. The van der Waals surface area contributed by atoms with E-state index in [9.17, 15) is 9.59 Å². The molecule has 0 amide bonds. The van der Waals surface area contributed by atoms with E-state index in [1.54, 1.807) is 0 Å². The number of ether oxygens (including phenoxy) is 2. The van der Waals surface area contributed by atoms with Gasteiger partial charge in [-0.2, -0.15) is 0 Å². The van der Waals surface area contributed by atoms with Crippen LogP contribution in [0.2, 0.25) is 0 Å². The van der Waals surface area contributed by atoms with Crippen LogP contribution in [0.1, 0.15) is 39.5 Å². The van der Waals surface area contributed by atoms with Gasteiger partial charge in [-0.15, -0.1) is 11.3 Å². The molecule has 6 nitrogen and oxygen atoms in total. The van der Waals surface area contributed by atoms with E-state index in [0.29, 0.717) is 22.7 Å². The highest BCUT2D eigenvalue weighted by atomic mass is 32.1.